The summed E-state index contributed by atoms with van der Waals surface area (Å²) >= 11 is 0. The van der Waals surface area contributed by atoms with Crippen LogP contribution in [0, 0.1) is 10.1 Å². The summed E-state index contributed by atoms with van der Waals surface area (Å²) in [5, 5.41) is 21.4. The van der Waals surface area contributed by atoms with E-state index >= 15 is 0 Å². The zero-order chi connectivity index (χ0) is 14.4. The molecule has 0 aliphatic rings. The monoisotopic (exact) mass is 267 g/mol. The maximum atomic E-state index is 11.2. The van der Waals surface area contributed by atoms with Gasteiger partial charge in [-0.15, -0.1) is 0 Å². The number of nitrogens with one attached hydrogen (secondary N) is 1. The average Bonchev–Trinajstić information content (AvgIpc) is 2.35. The van der Waals surface area contributed by atoms with Gasteiger partial charge in [0.25, 0.3) is 0 Å². The van der Waals surface area contributed by atoms with Crippen molar-refractivity contribution < 1.29 is 24.4 Å². The van der Waals surface area contributed by atoms with Gasteiger partial charge in [-0.3, -0.25) is 15.4 Å². The molecule has 0 aromatic carbocycles. The first-order valence-electron chi connectivity index (χ1n) is 4.89. The van der Waals surface area contributed by atoms with Crippen molar-refractivity contribution >= 4 is 23.6 Å². The number of hydrogen-bond acceptors (Lipinski definition) is 6. The predicted molar refractivity (Wildman–Crippen MR) is 63.0 cm³/mol. The van der Waals surface area contributed by atoms with Crippen LogP contribution >= 0.6 is 0 Å². The highest BCUT2D eigenvalue weighted by atomic mass is 16.6. The Morgan fingerprint density at radius 2 is 2.26 bits per heavy atom. The fraction of sp³-hybridized carbons (Fsp3) is 0.100. The number of carboxylic acid groups (broad SMARTS) is 1. The zero-order valence-electron chi connectivity index (χ0n) is 9.53. The highest BCUT2D eigenvalue weighted by molar-refractivity contribution is 5.90. The molecule has 1 amide bonds. The number of hydrogen-bond donors (Lipinski definition) is 2. The number of ether oxygens (including phenoxy) is 1. The highest BCUT2D eigenvalue weighted by Gasteiger charge is 2.20. The van der Waals surface area contributed by atoms with E-state index in [9.17, 15) is 19.7 Å². The van der Waals surface area contributed by atoms with E-state index in [0.717, 1.165) is 12.1 Å². The normalized spacial score (nSPS) is 9.47. The van der Waals surface area contributed by atoms with E-state index in [1.54, 1.807) is 0 Å². The van der Waals surface area contributed by atoms with Gasteiger partial charge in [-0.25, -0.2) is 14.6 Å². The van der Waals surface area contributed by atoms with Gasteiger partial charge in [-0.1, -0.05) is 12.7 Å². The lowest BCUT2D eigenvalue weighted by Crippen LogP contribution is -2.17. The number of carboxylic acids is 1. The Morgan fingerprint density at radius 3 is 2.79 bits per heavy atom. The molecule has 2 N–H and O–H groups in total. The largest absolute Gasteiger partial charge is 0.477 e. The summed E-state index contributed by atoms with van der Waals surface area (Å²) in [6.07, 6.45) is 0.299. The summed E-state index contributed by atoms with van der Waals surface area (Å²) in [6.45, 7) is 3.22. The van der Waals surface area contributed by atoms with Crippen LogP contribution in [0.15, 0.2) is 24.8 Å². The van der Waals surface area contributed by atoms with Gasteiger partial charge >= 0.3 is 17.7 Å². The SMILES string of the molecule is C=CCOC(=O)Nc1nc(C(=O)O)ccc1[N+](=O)[O-]. The molecule has 0 atom stereocenters. The van der Waals surface area contributed by atoms with E-state index in [2.05, 4.69) is 16.3 Å². The lowest BCUT2D eigenvalue weighted by Gasteiger charge is -2.05. The predicted octanol–water partition coefficient (Wildman–Crippen LogP) is 1.42. The fourth-order valence-electron chi connectivity index (χ4n) is 1.08. The summed E-state index contributed by atoms with van der Waals surface area (Å²) in [6, 6.07) is 1.89. The molecular weight excluding hydrogens is 258 g/mol. The van der Waals surface area contributed by atoms with Crippen molar-refractivity contribution in [3.05, 3.63) is 40.6 Å². The Kier molecular flexibility index (Phi) is 4.52. The number of aromatic nitrogens is 1. The molecule has 9 nitrogen and oxygen atoms in total. The number of aromatic carboxylic acids is 1. The average molecular weight is 267 g/mol. The zero-order valence-corrected chi connectivity index (χ0v) is 9.53. The van der Waals surface area contributed by atoms with Crippen LogP contribution in [0.5, 0.6) is 0 Å². The van der Waals surface area contributed by atoms with Crippen molar-refractivity contribution in [2.24, 2.45) is 0 Å². The molecule has 1 rings (SSSR count). The summed E-state index contributed by atoms with van der Waals surface area (Å²) < 4.78 is 4.55. The maximum absolute atomic E-state index is 11.2. The van der Waals surface area contributed by atoms with Gasteiger partial charge in [0.1, 0.15) is 6.61 Å². The van der Waals surface area contributed by atoms with E-state index in [-0.39, 0.29) is 6.61 Å². The number of rotatable bonds is 5. The van der Waals surface area contributed by atoms with E-state index < -0.39 is 34.2 Å². The van der Waals surface area contributed by atoms with Gasteiger partial charge in [0, 0.05) is 6.07 Å². The number of nitrogens with zero attached hydrogens (tertiary/aromatic N) is 2. The van der Waals surface area contributed by atoms with Crippen molar-refractivity contribution in [2.75, 3.05) is 11.9 Å². The first-order chi connectivity index (χ1) is 8.95. The molecule has 0 unspecified atom stereocenters. The molecule has 0 spiro atoms. The molecule has 0 fully saturated rings. The summed E-state index contributed by atoms with van der Waals surface area (Å²) in [5.74, 6) is -1.88. The van der Waals surface area contributed by atoms with Gasteiger partial charge in [-0.05, 0) is 6.07 Å². The standard InChI is InChI=1S/C10H9N3O6/c1-2-5-19-10(16)12-8-7(13(17)18)4-3-6(11-8)9(14)15/h2-4H,1,5H2,(H,14,15)(H,11,12,16). The quantitative estimate of drug-likeness (QED) is 0.468. The Bertz CT molecular complexity index is 542. The van der Waals surface area contributed by atoms with Crippen LogP contribution in [0.4, 0.5) is 16.3 Å². The molecule has 100 valence electrons. The van der Waals surface area contributed by atoms with Crippen LogP contribution in [0.25, 0.3) is 0 Å². The van der Waals surface area contributed by atoms with Crippen molar-refractivity contribution in [2.45, 2.75) is 0 Å². The smallest absolute Gasteiger partial charge is 0.413 e. The van der Waals surface area contributed by atoms with Gasteiger partial charge < -0.3 is 9.84 Å². The Hall–Kier alpha value is -2.97. The summed E-state index contributed by atoms with van der Waals surface area (Å²) in [7, 11) is 0. The second kappa shape index (κ2) is 6.10. The molecule has 0 saturated heterocycles. The minimum Gasteiger partial charge on any atom is -0.477 e. The molecule has 0 radical (unpaired) electrons. The van der Waals surface area contributed by atoms with Gasteiger partial charge in [0.15, 0.2) is 5.69 Å². The van der Waals surface area contributed by atoms with Crippen LogP contribution in [0.1, 0.15) is 10.5 Å². The van der Waals surface area contributed by atoms with Crippen LogP contribution < -0.4 is 5.32 Å². The van der Waals surface area contributed by atoms with E-state index in [1.807, 2.05) is 5.32 Å². The molecule has 1 heterocycles. The first-order valence-corrected chi connectivity index (χ1v) is 4.89. The van der Waals surface area contributed by atoms with Gasteiger partial charge in [0.05, 0.1) is 4.92 Å². The molecule has 0 aliphatic heterocycles. The van der Waals surface area contributed by atoms with Crippen molar-refractivity contribution in [1.82, 2.24) is 4.98 Å². The van der Waals surface area contributed by atoms with Gasteiger partial charge in [0.2, 0.25) is 5.82 Å². The third-order valence-corrected chi connectivity index (χ3v) is 1.84. The van der Waals surface area contributed by atoms with Crippen LogP contribution in [-0.4, -0.2) is 33.7 Å². The number of nitro groups is 1. The highest BCUT2D eigenvalue weighted by Crippen LogP contribution is 2.22. The van der Waals surface area contributed by atoms with Crippen LogP contribution in [0.2, 0.25) is 0 Å². The third-order valence-electron chi connectivity index (χ3n) is 1.84. The second-order valence-electron chi connectivity index (χ2n) is 3.14. The summed E-state index contributed by atoms with van der Waals surface area (Å²) in [4.78, 5) is 35.3. The molecule has 9 heteroatoms. The van der Waals surface area contributed by atoms with Crippen molar-refractivity contribution in [3.8, 4) is 0 Å². The molecular formula is C10H9N3O6. The van der Waals surface area contributed by atoms with E-state index in [1.165, 1.54) is 6.08 Å². The fourth-order valence-corrected chi connectivity index (χ4v) is 1.08. The Labute approximate surface area is 106 Å². The minimum atomic E-state index is -1.38. The number of amides is 1. The van der Waals surface area contributed by atoms with Crippen molar-refractivity contribution in [1.29, 1.82) is 0 Å². The van der Waals surface area contributed by atoms with E-state index in [4.69, 9.17) is 5.11 Å². The number of pyridine rings is 1. The topological polar surface area (TPSA) is 132 Å². The molecule has 1 aromatic rings. The van der Waals surface area contributed by atoms with E-state index in [0.29, 0.717) is 0 Å². The molecule has 19 heavy (non-hydrogen) atoms. The van der Waals surface area contributed by atoms with Gasteiger partial charge in [-0.2, -0.15) is 0 Å². The molecule has 0 saturated carbocycles. The molecule has 1 aromatic heterocycles. The number of carbonyl (C=O) groups excluding carboxylic acids is 1. The lowest BCUT2D eigenvalue weighted by atomic mass is 10.3. The minimum absolute atomic E-state index is 0.0990. The third kappa shape index (κ3) is 3.77. The Morgan fingerprint density at radius 1 is 1.58 bits per heavy atom. The second-order valence-corrected chi connectivity index (χ2v) is 3.14. The number of carbonyl (C=O) groups is 2. The van der Waals surface area contributed by atoms with Crippen LogP contribution in [-0.2, 0) is 4.74 Å². The first kappa shape index (κ1) is 14.1. The van der Waals surface area contributed by atoms with Crippen molar-refractivity contribution in [3.63, 3.8) is 0 Å². The summed E-state index contributed by atoms with van der Waals surface area (Å²) in [5.41, 5.74) is -0.981. The Balaban J connectivity index is 3.04. The molecule has 0 aliphatic carbocycles. The number of anilines is 1. The lowest BCUT2D eigenvalue weighted by molar-refractivity contribution is -0.384. The molecule has 0 bridgehead atoms. The maximum Gasteiger partial charge on any atom is 0.413 e. The van der Waals surface area contributed by atoms with Crippen LogP contribution in [0.3, 0.4) is 0 Å².